The fourth-order valence-corrected chi connectivity index (χ4v) is 5.07. The summed E-state index contributed by atoms with van der Waals surface area (Å²) >= 11 is 6.26. The maximum Gasteiger partial charge on any atom is 0.471 e. The number of carbonyl (C=O) groups excluding carboxylic acids is 1. The van der Waals surface area contributed by atoms with E-state index in [1.54, 1.807) is 17.4 Å². The summed E-state index contributed by atoms with van der Waals surface area (Å²) < 4.78 is 84.4. The fourth-order valence-electron chi connectivity index (χ4n) is 4.77. The van der Waals surface area contributed by atoms with Gasteiger partial charge in [0.2, 0.25) is 0 Å². The van der Waals surface area contributed by atoms with Crippen LogP contribution in [-0.2, 0) is 17.5 Å². The molecule has 4 aromatic carbocycles. The number of amides is 1. The molecule has 0 spiro atoms. The molecule has 0 saturated carbocycles. The molecule has 0 unspecified atom stereocenters. The molecule has 0 atom stereocenters. The number of nitrogens with one attached hydrogen (secondary N) is 1. The van der Waals surface area contributed by atoms with Crippen LogP contribution in [-0.4, -0.2) is 36.7 Å². The van der Waals surface area contributed by atoms with Gasteiger partial charge in [-0.05, 0) is 41.3 Å². The molecular weight excluding hydrogens is 606 g/mol. The molecule has 0 bridgehead atoms. The quantitative estimate of drug-likeness (QED) is 0.125. The largest absolute Gasteiger partial charge is 0.493 e. The molecule has 0 fully saturated rings. The van der Waals surface area contributed by atoms with E-state index in [0.29, 0.717) is 25.1 Å². The third kappa shape index (κ3) is 9.24. The van der Waals surface area contributed by atoms with E-state index < -0.39 is 23.8 Å². The first kappa shape index (κ1) is 32.9. The second-order valence-electron chi connectivity index (χ2n) is 10.1. The van der Waals surface area contributed by atoms with Crippen LogP contribution in [0.5, 0.6) is 5.75 Å². The number of ether oxygens (including phenoxy) is 1. The van der Waals surface area contributed by atoms with Crippen molar-refractivity contribution in [3.05, 3.63) is 130 Å². The Labute approximate surface area is 256 Å². The summed E-state index contributed by atoms with van der Waals surface area (Å²) in [5, 5.41) is 1.43. The molecule has 0 radical (unpaired) electrons. The normalized spacial score (nSPS) is 12.0. The van der Waals surface area contributed by atoms with E-state index in [0.717, 1.165) is 17.2 Å². The average molecular weight is 635 g/mol. The lowest BCUT2D eigenvalue weighted by molar-refractivity contribution is -0.167. The summed E-state index contributed by atoms with van der Waals surface area (Å²) in [5.74, 6) is -1.94. The molecule has 0 aliphatic carbocycles. The van der Waals surface area contributed by atoms with Crippen LogP contribution in [0.4, 0.5) is 32.0 Å². The van der Waals surface area contributed by atoms with Crippen molar-refractivity contribution in [1.29, 1.82) is 0 Å². The van der Waals surface area contributed by atoms with Crippen LogP contribution in [0, 0.1) is 0 Å². The van der Waals surface area contributed by atoms with Crippen LogP contribution in [0.3, 0.4) is 0 Å². The Bertz CT molecular complexity index is 1470. The van der Waals surface area contributed by atoms with Gasteiger partial charge in [0.15, 0.2) is 0 Å². The monoisotopic (exact) mass is 634 g/mol. The van der Waals surface area contributed by atoms with Crippen molar-refractivity contribution in [1.82, 2.24) is 4.90 Å². The Balaban J connectivity index is 1.52. The Morgan fingerprint density at radius 2 is 1.43 bits per heavy atom. The lowest BCUT2D eigenvalue weighted by atomic mass is 9.90. The van der Waals surface area contributed by atoms with Crippen molar-refractivity contribution in [2.75, 3.05) is 25.0 Å². The predicted molar refractivity (Wildman–Crippen MR) is 158 cm³/mol. The molecule has 0 heterocycles. The van der Waals surface area contributed by atoms with Gasteiger partial charge in [-0.1, -0.05) is 90.5 Å². The molecule has 0 saturated heterocycles. The summed E-state index contributed by atoms with van der Waals surface area (Å²) in [6.45, 7) is 1.16. The minimum absolute atomic E-state index is 0.0702. The molecule has 1 N–H and O–H groups in total. The van der Waals surface area contributed by atoms with E-state index in [9.17, 15) is 31.1 Å². The highest BCUT2D eigenvalue weighted by molar-refractivity contribution is 6.32. The summed E-state index contributed by atoms with van der Waals surface area (Å²) in [7, 11) is 0. The molecule has 11 heteroatoms. The summed E-state index contributed by atoms with van der Waals surface area (Å²) in [6, 6.07) is 29.0. The van der Waals surface area contributed by atoms with Crippen LogP contribution >= 0.6 is 11.6 Å². The van der Waals surface area contributed by atoms with Gasteiger partial charge in [-0.15, -0.1) is 0 Å². The second kappa shape index (κ2) is 14.6. The van der Waals surface area contributed by atoms with Gasteiger partial charge < -0.3 is 10.1 Å². The second-order valence-corrected chi connectivity index (χ2v) is 10.4. The van der Waals surface area contributed by atoms with Crippen LogP contribution in [0.2, 0.25) is 5.02 Å². The standard InChI is InChI=1S/C33H29ClF6N2O2/c34-30-25(14-7-17-29(30)32(35,36)37)21-42(22-28(23-10-3-1-4-11-23)24-12-5-2-6-13-24)18-9-19-44-27-16-8-15-26(20-27)41-31(43)33(38,39)40/h1-8,10-17,20,28H,9,18-19,21-22H2,(H,41,43). The van der Waals surface area contributed by atoms with E-state index in [1.165, 1.54) is 24.3 Å². The molecule has 1 amide bonds. The topological polar surface area (TPSA) is 41.6 Å². The van der Waals surface area contributed by atoms with E-state index in [1.807, 2.05) is 65.6 Å². The Morgan fingerprint density at radius 1 is 0.818 bits per heavy atom. The molecule has 4 aromatic rings. The Kier molecular flexibility index (Phi) is 10.9. The first-order valence-electron chi connectivity index (χ1n) is 13.7. The average Bonchev–Trinajstić information content (AvgIpc) is 2.99. The first-order chi connectivity index (χ1) is 20.9. The Hall–Kier alpha value is -4.02. The number of rotatable bonds is 12. The van der Waals surface area contributed by atoms with Gasteiger partial charge in [-0.3, -0.25) is 9.69 Å². The molecule has 4 rings (SSSR count). The van der Waals surface area contributed by atoms with Gasteiger partial charge >= 0.3 is 18.3 Å². The van der Waals surface area contributed by atoms with Crippen molar-refractivity contribution < 1.29 is 35.9 Å². The third-order valence-corrected chi connectivity index (χ3v) is 7.31. The van der Waals surface area contributed by atoms with Gasteiger partial charge in [0.1, 0.15) is 5.75 Å². The van der Waals surface area contributed by atoms with Crippen molar-refractivity contribution in [3.8, 4) is 5.75 Å². The maximum absolute atomic E-state index is 13.6. The third-order valence-electron chi connectivity index (χ3n) is 6.86. The van der Waals surface area contributed by atoms with Crippen molar-refractivity contribution >= 4 is 23.2 Å². The zero-order valence-electron chi connectivity index (χ0n) is 23.3. The van der Waals surface area contributed by atoms with Gasteiger partial charge in [0.05, 0.1) is 17.2 Å². The minimum atomic E-state index is -5.03. The maximum atomic E-state index is 13.6. The highest BCUT2D eigenvalue weighted by Gasteiger charge is 2.38. The molecule has 0 aliphatic heterocycles. The first-order valence-corrected chi connectivity index (χ1v) is 14.1. The number of hydrogen-bond acceptors (Lipinski definition) is 3. The van der Waals surface area contributed by atoms with Crippen molar-refractivity contribution in [3.63, 3.8) is 0 Å². The van der Waals surface area contributed by atoms with Crippen molar-refractivity contribution in [2.24, 2.45) is 0 Å². The Morgan fingerprint density at radius 3 is 2.02 bits per heavy atom. The van der Waals surface area contributed by atoms with Gasteiger partial charge in [0.25, 0.3) is 0 Å². The highest BCUT2D eigenvalue weighted by Crippen LogP contribution is 2.37. The number of nitrogens with zero attached hydrogens (tertiary/aromatic N) is 1. The summed E-state index contributed by atoms with van der Waals surface area (Å²) in [5.41, 5.74) is 1.43. The SMILES string of the molecule is O=C(Nc1cccc(OCCCN(Cc2cccc(C(F)(F)F)c2Cl)CC(c2ccccc2)c2ccccc2)c1)C(F)(F)F. The predicted octanol–water partition coefficient (Wildman–Crippen LogP) is 8.96. The van der Waals surface area contributed by atoms with E-state index >= 15 is 0 Å². The number of benzene rings is 4. The number of alkyl halides is 6. The lowest BCUT2D eigenvalue weighted by Gasteiger charge is -2.29. The molecular formula is C33H29ClF6N2O2. The number of carbonyl (C=O) groups is 1. The highest BCUT2D eigenvalue weighted by atomic mass is 35.5. The molecule has 232 valence electrons. The van der Waals surface area contributed by atoms with E-state index in [2.05, 4.69) is 0 Å². The molecule has 44 heavy (non-hydrogen) atoms. The van der Waals surface area contributed by atoms with E-state index in [-0.39, 0.29) is 35.5 Å². The van der Waals surface area contributed by atoms with Crippen LogP contribution in [0.25, 0.3) is 0 Å². The molecule has 0 aliphatic rings. The molecule has 0 aromatic heterocycles. The zero-order valence-corrected chi connectivity index (χ0v) is 24.1. The van der Waals surface area contributed by atoms with Crippen molar-refractivity contribution in [2.45, 2.75) is 31.2 Å². The van der Waals surface area contributed by atoms with Gasteiger partial charge in [0, 0.05) is 37.3 Å². The number of halogens is 7. The lowest BCUT2D eigenvalue weighted by Crippen LogP contribution is -2.31. The van der Waals surface area contributed by atoms with E-state index in [4.69, 9.17) is 16.3 Å². The summed E-state index contributed by atoms with van der Waals surface area (Å²) in [4.78, 5) is 13.3. The number of hydrogen-bond donors (Lipinski definition) is 1. The van der Waals surface area contributed by atoms with Gasteiger partial charge in [-0.2, -0.15) is 26.3 Å². The minimum Gasteiger partial charge on any atom is -0.493 e. The number of anilines is 1. The van der Waals surface area contributed by atoms with Crippen LogP contribution < -0.4 is 10.1 Å². The zero-order chi connectivity index (χ0) is 31.7. The fraction of sp³-hybridized carbons (Fsp3) is 0.242. The summed E-state index contributed by atoms with van der Waals surface area (Å²) in [6.07, 6.45) is -9.19. The molecule has 4 nitrogen and oxygen atoms in total. The smallest absolute Gasteiger partial charge is 0.471 e. The van der Waals surface area contributed by atoms with Gasteiger partial charge in [-0.25, -0.2) is 0 Å². The van der Waals surface area contributed by atoms with Crippen LogP contribution in [0.1, 0.15) is 34.6 Å². The van der Waals surface area contributed by atoms with Crippen LogP contribution in [0.15, 0.2) is 103 Å².